The lowest BCUT2D eigenvalue weighted by Gasteiger charge is -2.19. The monoisotopic (exact) mass is 434 g/mol. The SMILES string of the molecule is O=C(Nc1ccccc1)Nc1cccc(NC(=O)c2cc3c(cc2[N+](=O)[O-])OCCO3)c1. The van der Waals surface area contributed by atoms with Crippen LogP contribution in [0.3, 0.4) is 0 Å². The summed E-state index contributed by atoms with van der Waals surface area (Å²) in [4.78, 5) is 35.8. The topological polar surface area (TPSA) is 132 Å². The van der Waals surface area contributed by atoms with Gasteiger partial charge in [-0.1, -0.05) is 24.3 Å². The number of nitro groups is 1. The summed E-state index contributed by atoms with van der Waals surface area (Å²) in [5.41, 5.74) is 0.827. The summed E-state index contributed by atoms with van der Waals surface area (Å²) < 4.78 is 10.8. The second kappa shape index (κ2) is 9.04. The Morgan fingerprint density at radius 3 is 2.06 bits per heavy atom. The maximum absolute atomic E-state index is 12.8. The number of nitrogens with one attached hydrogen (secondary N) is 3. The van der Waals surface area contributed by atoms with Gasteiger partial charge in [-0.25, -0.2) is 4.79 Å². The Balaban J connectivity index is 1.49. The van der Waals surface area contributed by atoms with E-state index in [-0.39, 0.29) is 30.3 Å². The highest BCUT2D eigenvalue weighted by atomic mass is 16.6. The Hall–Kier alpha value is -4.60. The zero-order valence-corrected chi connectivity index (χ0v) is 16.7. The molecule has 32 heavy (non-hydrogen) atoms. The lowest BCUT2D eigenvalue weighted by Crippen LogP contribution is -2.20. The minimum absolute atomic E-state index is 0.167. The maximum Gasteiger partial charge on any atom is 0.323 e. The summed E-state index contributed by atoms with van der Waals surface area (Å²) in [5, 5.41) is 19.4. The Labute approximate surface area is 182 Å². The van der Waals surface area contributed by atoms with Gasteiger partial charge >= 0.3 is 6.03 Å². The van der Waals surface area contributed by atoms with Crippen molar-refractivity contribution in [2.75, 3.05) is 29.2 Å². The van der Waals surface area contributed by atoms with Crippen molar-refractivity contribution in [1.29, 1.82) is 0 Å². The number of para-hydroxylation sites is 1. The van der Waals surface area contributed by atoms with Gasteiger partial charge < -0.3 is 25.4 Å². The van der Waals surface area contributed by atoms with Gasteiger partial charge in [0.1, 0.15) is 18.8 Å². The smallest absolute Gasteiger partial charge is 0.323 e. The fourth-order valence-corrected chi connectivity index (χ4v) is 3.10. The average molecular weight is 434 g/mol. The van der Waals surface area contributed by atoms with E-state index in [1.807, 2.05) is 6.07 Å². The summed E-state index contributed by atoms with van der Waals surface area (Å²) in [6.07, 6.45) is 0. The Morgan fingerprint density at radius 2 is 1.38 bits per heavy atom. The van der Waals surface area contributed by atoms with Gasteiger partial charge in [0, 0.05) is 23.1 Å². The number of hydrogen-bond donors (Lipinski definition) is 3. The molecule has 1 heterocycles. The van der Waals surface area contributed by atoms with E-state index < -0.39 is 22.5 Å². The largest absolute Gasteiger partial charge is 0.486 e. The fraction of sp³-hybridized carbons (Fsp3) is 0.0909. The third-order valence-electron chi connectivity index (χ3n) is 4.51. The van der Waals surface area contributed by atoms with Crippen molar-refractivity contribution in [3.05, 3.63) is 82.4 Å². The van der Waals surface area contributed by atoms with Crippen molar-refractivity contribution in [2.24, 2.45) is 0 Å². The highest BCUT2D eigenvalue weighted by Gasteiger charge is 2.26. The molecular formula is C22H18N4O6. The molecule has 3 amide bonds. The Kier molecular flexibility index (Phi) is 5.84. The second-order valence-corrected chi connectivity index (χ2v) is 6.75. The summed E-state index contributed by atoms with van der Waals surface area (Å²) in [5.74, 6) is -0.213. The molecule has 10 nitrogen and oxygen atoms in total. The molecule has 1 aliphatic heterocycles. The van der Waals surface area contributed by atoms with Crippen LogP contribution in [0.25, 0.3) is 0 Å². The van der Waals surface area contributed by atoms with Gasteiger partial charge in [0.05, 0.1) is 11.0 Å². The fourth-order valence-electron chi connectivity index (χ4n) is 3.10. The number of carbonyl (C=O) groups is 2. The number of fused-ring (bicyclic) bond motifs is 1. The van der Waals surface area contributed by atoms with Crippen molar-refractivity contribution in [3.8, 4) is 11.5 Å². The third kappa shape index (κ3) is 4.75. The number of urea groups is 1. The predicted octanol–water partition coefficient (Wildman–Crippen LogP) is 4.26. The molecule has 0 bridgehead atoms. The zero-order chi connectivity index (χ0) is 22.5. The van der Waals surface area contributed by atoms with Gasteiger partial charge in [-0.2, -0.15) is 0 Å². The number of nitrogens with zero attached hydrogens (tertiary/aromatic N) is 1. The van der Waals surface area contributed by atoms with Crippen LogP contribution >= 0.6 is 0 Å². The number of benzene rings is 3. The van der Waals surface area contributed by atoms with Gasteiger partial charge in [-0.05, 0) is 30.3 Å². The van der Waals surface area contributed by atoms with Crippen LogP contribution in [-0.4, -0.2) is 30.1 Å². The van der Waals surface area contributed by atoms with Crippen LogP contribution in [0, 0.1) is 10.1 Å². The van der Waals surface area contributed by atoms with Crippen LogP contribution in [0.1, 0.15) is 10.4 Å². The van der Waals surface area contributed by atoms with E-state index in [4.69, 9.17) is 9.47 Å². The molecule has 0 atom stereocenters. The number of hydrogen-bond acceptors (Lipinski definition) is 6. The number of amides is 3. The van der Waals surface area contributed by atoms with Gasteiger partial charge in [0.15, 0.2) is 11.5 Å². The quantitative estimate of drug-likeness (QED) is 0.406. The molecule has 0 saturated carbocycles. The van der Waals surface area contributed by atoms with Crippen LogP contribution < -0.4 is 25.4 Å². The van der Waals surface area contributed by atoms with E-state index in [1.165, 1.54) is 18.2 Å². The molecule has 4 rings (SSSR count). The van der Waals surface area contributed by atoms with Gasteiger partial charge in [0.2, 0.25) is 0 Å². The normalized spacial score (nSPS) is 11.9. The number of carbonyl (C=O) groups excluding carboxylic acids is 2. The lowest BCUT2D eigenvalue weighted by atomic mass is 10.1. The van der Waals surface area contributed by atoms with Crippen LogP contribution in [0.2, 0.25) is 0 Å². The van der Waals surface area contributed by atoms with Gasteiger partial charge in [-0.3, -0.25) is 14.9 Å². The Bertz CT molecular complexity index is 1180. The van der Waals surface area contributed by atoms with Crippen molar-refractivity contribution in [2.45, 2.75) is 0 Å². The molecule has 162 valence electrons. The molecule has 1 aliphatic rings. The van der Waals surface area contributed by atoms with E-state index in [9.17, 15) is 19.7 Å². The minimum Gasteiger partial charge on any atom is -0.486 e. The first-order chi connectivity index (χ1) is 15.5. The summed E-state index contributed by atoms with van der Waals surface area (Å²) in [6.45, 7) is 0.554. The first-order valence-electron chi connectivity index (χ1n) is 9.62. The molecule has 0 saturated heterocycles. The standard InChI is InChI=1S/C22H18N4O6/c27-21(17-12-19-20(32-10-9-31-19)13-18(17)26(29)30)23-15-7-4-8-16(11-15)25-22(28)24-14-5-2-1-3-6-14/h1-8,11-13H,9-10H2,(H,23,27)(H2,24,25,28). The molecule has 0 fully saturated rings. The highest BCUT2D eigenvalue weighted by Crippen LogP contribution is 2.37. The lowest BCUT2D eigenvalue weighted by molar-refractivity contribution is -0.385. The minimum atomic E-state index is -0.695. The number of nitro benzene ring substituents is 1. The van der Waals surface area contributed by atoms with Crippen LogP contribution in [0.15, 0.2) is 66.7 Å². The van der Waals surface area contributed by atoms with Crippen molar-refractivity contribution < 1.29 is 24.0 Å². The summed E-state index contributed by atoms with van der Waals surface area (Å²) in [7, 11) is 0. The van der Waals surface area contributed by atoms with Gasteiger partial charge in [-0.15, -0.1) is 0 Å². The summed E-state index contributed by atoms with van der Waals surface area (Å²) in [6, 6.07) is 17.3. The van der Waals surface area contributed by atoms with Crippen molar-refractivity contribution >= 4 is 34.7 Å². The molecule has 10 heteroatoms. The molecule has 0 radical (unpaired) electrons. The van der Waals surface area contributed by atoms with E-state index in [1.54, 1.807) is 42.5 Å². The zero-order valence-electron chi connectivity index (χ0n) is 16.7. The summed E-state index contributed by atoms with van der Waals surface area (Å²) >= 11 is 0. The van der Waals surface area contributed by atoms with Gasteiger partial charge in [0.25, 0.3) is 11.6 Å². The second-order valence-electron chi connectivity index (χ2n) is 6.75. The predicted molar refractivity (Wildman–Crippen MR) is 118 cm³/mol. The first kappa shape index (κ1) is 20.7. The average Bonchev–Trinajstić information content (AvgIpc) is 2.79. The van der Waals surface area contributed by atoms with Crippen molar-refractivity contribution in [1.82, 2.24) is 0 Å². The molecule has 0 spiro atoms. The van der Waals surface area contributed by atoms with Crippen LogP contribution in [0.4, 0.5) is 27.5 Å². The molecule has 0 aromatic heterocycles. The van der Waals surface area contributed by atoms with E-state index in [0.29, 0.717) is 17.1 Å². The van der Waals surface area contributed by atoms with Crippen LogP contribution in [0.5, 0.6) is 11.5 Å². The van der Waals surface area contributed by atoms with E-state index in [0.717, 1.165) is 0 Å². The Morgan fingerprint density at radius 1 is 0.781 bits per heavy atom. The molecular weight excluding hydrogens is 416 g/mol. The van der Waals surface area contributed by atoms with E-state index in [2.05, 4.69) is 16.0 Å². The molecule has 0 unspecified atom stereocenters. The van der Waals surface area contributed by atoms with E-state index >= 15 is 0 Å². The number of ether oxygens (including phenoxy) is 2. The van der Waals surface area contributed by atoms with Crippen LogP contribution in [-0.2, 0) is 0 Å². The maximum atomic E-state index is 12.8. The molecule has 3 N–H and O–H groups in total. The first-order valence-corrected chi connectivity index (χ1v) is 9.62. The number of rotatable bonds is 5. The number of anilines is 3. The highest BCUT2D eigenvalue weighted by molar-refractivity contribution is 6.08. The molecule has 0 aliphatic carbocycles. The third-order valence-corrected chi connectivity index (χ3v) is 4.51. The molecule has 3 aromatic carbocycles. The molecule has 3 aromatic rings. The van der Waals surface area contributed by atoms with Crippen molar-refractivity contribution in [3.63, 3.8) is 0 Å².